The zero-order valence-corrected chi connectivity index (χ0v) is 20.8. The van der Waals surface area contributed by atoms with Crippen LogP contribution in [0.15, 0.2) is 78.9 Å². The summed E-state index contributed by atoms with van der Waals surface area (Å²) in [5, 5.41) is 2.76. The first kappa shape index (κ1) is 32.3. The Morgan fingerprint density at radius 1 is 0.750 bits per heavy atom. The fraction of sp³-hybridized carbons (Fsp3) is 0.296. The minimum atomic E-state index is -4.95. The van der Waals surface area contributed by atoms with E-state index in [-0.39, 0.29) is 25.3 Å². The van der Waals surface area contributed by atoms with Crippen molar-refractivity contribution in [3.63, 3.8) is 0 Å². The monoisotopic (exact) mass is 581 g/mol. The quantitative estimate of drug-likeness (QED) is 0.263. The largest absolute Gasteiger partial charge is 0.573 e. The van der Waals surface area contributed by atoms with Gasteiger partial charge in [0.05, 0.1) is 0 Å². The zero-order valence-electron chi connectivity index (χ0n) is 20.8. The van der Waals surface area contributed by atoms with Crippen LogP contribution in [0.1, 0.15) is 30.0 Å². The van der Waals surface area contributed by atoms with Crippen molar-refractivity contribution in [2.45, 2.75) is 44.6 Å². The van der Waals surface area contributed by atoms with Gasteiger partial charge in [0, 0.05) is 18.4 Å². The molecule has 0 aromatic heterocycles. The Morgan fingerprint density at radius 2 is 1.20 bits per heavy atom. The van der Waals surface area contributed by atoms with Gasteiger partial charge in [-0.05, 0) is 47.4 Å². The van der Waals surface area contributed by atoms with Crippen molar-refractivity contribution >= 4 is 5.91 Å². The number of benzene rings is 3. The molecule has 4 nitrogen and oxygen atoms in total. The van der Waals surface area contributed by atoms with Gasteiger partial charge in [0.25, 0.3) is 0 Å². The minimum Gasteiger partial charge on any atom is -0.406 e. The summed E-state index contributed by atoms with van der Waals surface area (Å²) in [6.07, 6.45) is -9.62. The highest BCUT2D eigenvalue weighted by molar-refractivity contribution is 5.75. The van der Waals surface area contributed by atoms with Crippen molar-refractivity contribution in [2.75, 3.05) is 6.54 Å². The minimum absolute atomic E-state index is 0.112. The van der Waals surface area contributed by atoms with E-state index in [1.54, 1.807) is 49.4 Å². The lowest BCUT2D eigenvalue weighted by molar-refractivity contribution is -0.275. The fourth-order valence-electron chi connectivity index (χ4n) is 3.94. The first-order chi connectivity index (χ1) is 18.6. The number of ether oxygens (including phenoxy) is 2. The van der Waals surface area contributed by atoms with E-state index in [1.165, 1.54) is 24.3 Å². The molecule has 0 unspecified atom stereocenters. The average molecular weight is 581 g/mol. The van der Waals surface area contributed by atoms with Crippen LogP contribution < -0.4 is 14.8 Å². The number of hydrogen-bond donors (Lipinski definition) is 1. The van der Waals surface area contributed by atoms with Crippen molar-refractivity contribution < 1.29 is 53.8 Å². The van der Waals surface area contributed by atoms with E-state index in [2.05, 4.69) is 14.8 Å². The smallest absolute Gasteiger partial charge is 0.406 e. The topological polar surface area (TPSA) is 47.6 Å². The molecule has 1 N–H and O–H groups in total. The number of hydrogen-bond acceptors (Lipinski definition) is 3. The maximum Gasteiger partial charge on any atom is 0.573 e. The second-order valence-electron chi connectivity index (χ2n) is 8.27. The van der Waals surface area contributed by atoms with E-state index in [9.17, 15) is 44.3 Å². The van der Waals surface area contributed by atoms with Crippen LogP contribution in [0.5, 0.6) is 11.5 Å². The molecule has 0 spiro atoms. The molecule has 0 fully saturated rings. The third kappa shape index (κ3) is 10.7. The summed E-state index contributed by atoms with van der Waals surface area (Å²) >= 11 is 0. The first-order valence-corrected chi connectivity index (χ1v) is 11.6. The second kappa shape index (κ2) is 13.9. The van der Waals surface area contributed by atoms with Gasteiger partial charge in [-0.15, -0.1) is 26.3 Å². The summed E-state index contributed by atoms with van der Waals surface area (Å²) in [5.41, 5.74) is 0.0668. The lowest BCUT2D eigenvalue weighted by Crippen LogP contribution is -2.43. The third-order valence-corrected chi connectivity index (χ3v) is 5.50. The Balaban J connectivity index is 0.00000131. The predicted octanol–water partition coefficient (Wildman–Crippen LogP) is 7.72. The van der Waals surface area contributed by atoms with Crippen LogP contribution in [-0.2, 0) is 16.6 Å². The predicted molar refractivity (Wildman–Crippen MR) is 128 cm³/mol. The van der Waals surface area contributed by atoms with Crippen LogP contribution in [0.2, 0.25) is 0 Å². The van der Waals surface area contributed by atoms with E-state index in [0.717, 1.165) is 17.7 Å². The van der Waals surface area contributed by atoms with Crippen LogP contribution >= 0.6 is 0 Å². The molecule has 0 radical (unpaired) electrons. The van der Waals surface area contributed by atoms with Gasteiger partial charge in [0.15, 0.2) is 0 Å². The number of nitrogens with one attached hydrogen (secondary N) is 1. The molecular formula is C27H24F9NO3. The molecule has 3 aromatic rings. The van der Waals surface area contributed by atoms with Gasteiger partial charge in [-0.25, -0.2) is 0 Å². The van der Waals surface area contributed by atoms with E-state index in [4.69, 9.17) is 0 Å². The van der Waals surface area contributed by atoms with E-state index < -0.39 is 36.3 Å². The van der Waals surface area contributed by atoms with Gasteiger partial charge < -0.3 is 14.8 Å². The van der Waals surface area contributed by atoms with Gasteiger partial charge in [-0.1, -0.05) is 61.5 Å². The van der Waals surface area contributed by atoms with Gasteiger partial charge in [0.2, 0.25) is 5.91 Å². The normalized spacial score (nSPS) is 11.9. The first-order valence-electron chi connectivity index (χ1n) is 11.6. The van der Waals surface area contributed by atoms with Gasteiger partial charge in [0.1, 0.15) is 11.5 Å². The van der Waals surface area contributed by atoms with Crippen molar-refractivity contribution in [3.05, 3.63) is 95.6 Å². The summed E-state index contributed by atoms with van der Waals surface area (Å²) < 4.78 is 115. The Bertz CT molecular complexity index is 1150. The van der Waals surface area contributed by atoms with Crippen molar-refractivity contribution in [2.24, 2.45) is 0 Å². The summed E-state index contributed by atoms with van der Waals surface area (Å²) in [5.74, 6) is -1.33. The Labute approximate surface area is 223 Å². The Morgan fingerprint density at radius 3 is 1.60 bits per heavy atom. The molecule has 40 heavy (non-hydrogen) atoms. The molecule has 13 heteroatoms. The zero-order chi connectivity index (χ0) is 30.0. The molecule has 3 aromatic carbocycles. The standard InChI is InChI=1S/C26H23F6NO3.CHF3/c1-2-23(34)33-17-24(16-18-8-4-3-5-9-18,19-10-6-12-21(14-19)35-25(27,28)29)20-11-7-13-22(15-20)36-26(30,31)32;2-1(3)4/h3-15H,2,16-17H2,1H3,(H,33,34);1H. The van der Waals surface area contributed by atoms with Crippen LogP contribution in [0.3, 0.4) is 0 Å². The number of amides is 1. The lowest BCUT2D eigenvalue weighted by atomic mass is 9.70. The number of rotatable bonds is 9. The summed E-state index contributed by atoms with van der Waals surface area (Å²) in [6.45, 7) is -2.15. The molecule has 0 aliphatic heterocycles. The van der Waals surface area contributed by atoms with Gasteiger partial charge >= 0.3 is 19.4 Å². The molecule has 0 aliphatic carbocycles. The fourth-order valence-corrected chi connectivity index (χ4v) is 3.94. The maximum absolute atomic E-state index is 12.9. The second-order valence-corrected chi connectivity index (χ2v) is 8.27. The van der Waals surface area contributed by atoms with Crippen LogP contribution in [-0.4, -0.2) is 31.9 Å². The lowest BCUT2D eigenvalue weighted by Gasteiger charge is -2.36. The Hall–Kier alpha value is -3.90. The molecule has 0 aliphatic rings. The molecule has 0 saturated carbocycles. The van der Waals surface area contributed by atoms with Crippen LogP contribution in [0.4, 0.5) is 39.5 Å². The van der Waals surface area contributed by atoms with Crippen molar-refractivity contribution in [3.8, 4) is 11.5 Å². The number of carbonyl (C=O) groups is 1. The maximum atomic E-state index is 12.9. The highest BCUT2D eigenvalue weighted by atomic mass is 19.4. The average Bonchev–Trinajstić information content (AvgIpc) is 2.85. The van der Waals surface area contributed by atoms with Crippen LogP contribution in [0, 0.1) is 0 Å². The van der Waals surface area contributed by atoms with E-state index >= 15 is 0 Å². The molecule has 1 amide bonds. The van der Waals surface area contributed by atoms with Crippen LogP contribution in [0.25, 0.3) is 0 Å². The van der Waals surface area contributed by atoms with Crippen molar-refractivity contribution in [1.82, 2.24) is 5.32 Å². The van der Waals surface area contributed by atoms with Gasteiger partial charge in [-0.3, -0.25) is 4.79 Å². The summed E-state index contributed by atoms with van der Waals surface area (Å²) in [7, 11) is 0. The van der Waals surface area contributed by atoms with E-state index in [0.29, 0.717) is 11.1 Å². The molecule has 0 heterocycles. The van der Waals surface area contributed by atoms with E-state index in [1.807, 2.05) is 0 Å². The molecule has 0 atom stereocenters. The summed E-state index contributed by atoms with van der Waals surface area (Å²) in [6, 6.07) is 19.2. The van der Waals surface area contributed by atoms with Crippen molar-refractivity contribution in [1.29, 1.82) is 0 Å². The molecule has 0 bridgehead atoms. The highest BCUT2D eigenvalue weighted by Gasteiger charge is 2.38. The molecule has 3 rings (SSSR count). The van der Waals surface area contributed by atoms with Gasteiger partial charge in [-0.2, -0.15) is 13.2 Å². The highest BCUT2D eigenvalue weighted by Crippen LogP contribution is 2.39. The molecular weight excluding hydrogens is 557 g/mol. The third-order valence-electron chi connectivity index (χ3n) is 5.50. The number of alkyl halides is 9. The Kier molecular flexibility index (Phi) is 11.3. The molecule has 0 saturated heterocycles. The number of halogens is 9. The molecule has 218 valence electrons. The number of carbonyl (C=O) groups excluding carboxylic acids is 1. The SMILES string of the molecule is CCC(=O)NCC(Cc1ccccc1)(c1cccc(OC(F)(F)F)c1)c1cccc(OC(F)(F)F)c1.FC(F)F. The summed E-state index contributed by atoms with van der Waals surface area (Å²) in [4.78, 5) is 12.2.